The van der Waals surface area contributed by atoms with E-state index in [0.717, 1.165) is 15.1 Å². The van der Waals surface area contributed by atoms with E-state index >= 15 is 0 Å². The first-order chi connectivity index (χ1) is 9.61. The van der Waals surface area contributed by atoms with Crippen LogP contribution in [0.1, 0.15) is 10.4 Å². The number of aromatic nitrogens is 1. The Balaban J connectivity index is 2.10. The highest BCUT2D eigenvalue weighted by Gasteiger charge is 2.20. The van der Waals surface area contributed by atoms with Crippen LogP contribution in [0.2, 0.25) is 0 Å². The summed E-state index contributed by atoms with van der Waals surface area (Å²) in [5.74, 6) is 0.129. The number of thiophene rings is 1. The Kier molecular flexibility index (Phi) is 4.65. The molecule has 0 aromatic carbocycles. The normalized spacial score (nSPS) is 10.0. The zero-order valence-electron chi connectivity index (χ0n) is 10.2. The topological polar surface area (TPSA) is 91.8 Å². The molecule has 0 bridgehead atoms. The molecule has 102 valence electrons. The van der Waals surface area contributed by atoms with Crippen molar-refractivity contribution >= 4 is 38.8 Å². The first-order valence-corrected chi connectivity index (χ1v) is 7.24. The number of hydrogen-bond donors (Lipinski definition) is 1. The highest BCUT2D eigenvalue weighted by molar-refractivity contribution is 9.11. The molecule has 2 aromatic rings. The second-order valence-corrected chi connectivity index (χ2v) is 6.35. The third kappa shape index (κ3) is 3.31. The number of hydrogen-bond acceptors (Lipinski definition) is 6. The highest BCUT2D eigenvalue weighted by atomic mass is 79.9. The minimum Gasteiger partial charge on any atom is -0.364 e. The molecule has 0 aliphatic rings. The average molecular weight is 353 g/mol. The molecule has 0 saturated carbocycles. The van der Waals surface area contributed by atoms with Gasteiger partial charge in [-0.2, -0.15) is 5.26 Å². The van der Waals surface area contributed by atoms with Crippen LogP contribution in [0.5, 0.6) is 0 Å². The summed E-state index contributed by atoms with van der Waals surface area (Å²) in [4.78, 5) is 15.5. The molecule has 0 unspecified atom stereocenters. The molecule has 0 aliphatic carbocycles. The molecule has 0 fully saturated rings. The van der Waals surface area contributed by atoms with Gasteiger partial charge in [-0.3, -0.25) is 10.1 Å². The Labute approximate surface area is 127 Å². The van der Waals surface area contributed by atoms with E-state index in [9.17, 15) is 10.1 Å². The van der Waals surface area contributed by atoms with Gasteiger partial charge in [-0.1, -0.05) is 0 Å². The molecule has 0 atom stereocenters. The molecule has 2 aromatic heterocycles. The second kappa shape index (κ2) is 6.45. The lowest BCUT2D eigenvalue weighted by Crippen LogP contribution is -2.08. The van der Waals surface area contributed by atoms with Crippen molar-refractivity contribution < 1.29 is 4.92 Å². The van der Waals surface area contributed by atoms with Crippen molar-refractivity contribution in [3.63, 3.8) is 0 Å². The summed E-state index contributed by atoms with van der Waals surface area (Å²) in [5, 5.41) is 22.8. The van der Waals surface area contributed by atoms with Gasteiger partial charge in [0.2, 0.25) is 5.82 Å². The third-order valence-corrected chi connectivity index (χ3v) is 4.20. The predicted molar refractivity (Wildman–Crippen MR) is 79.8 cm³/mol. The van der Waals surface area contributed by atoms with E-state index in [4.69, 9.17) is 5.26 Å². The van der Waals surface area contributed by atoms with E-state index in [1.165, 1.54) is 12.3 Å². The number of nitriles is 1. The Morgan fingerprint density at radius 2 is 2.30 bits per heavy atom. The largest absolute Gasteiger partial charge is 0.364 e. The SMILES string of the molecule is N#Cc1ccnc(NCCc2ccc(Br)s2)c1[N+](=O)[O-]. The summed E-state index contributed by atoms with van der Waals surface area (Å²) in [7, 11) is 0. The van der Waals surface area contributed by atoms with Crippen LogP contribution < -0.4 is 5.32 Å². The molecule has 0 saturated heterocycles. The summed E-state index contributed by atoms with van der Waals surface area (Å²) in [6, 6.07) is 7.08. The van der Waals surface area contributed by atoms with Gasteiger partial charge in [0.1, 0.15) is 11.6 Å². The maximum atomic E-state index is 11.0. The molecule has 2 rings (SSSR count). The van der Waals surface area contributed by atoms with E-state index in [1.807, 2.05) is 12.1 Å². The molecule has 0 radical (unpaired) electrons. The first kappa shape index (κ1) is 14.4. The molecule has 20 heavy (non-hydrogen) atoms. The quantitative estimate of drug-likeness (QED) is 0.657. The van der Waals surface area contributed by atoms with Gasteiger partial charge in [-0.05, 0) is 40.5 Å². The van der Waals surface area contributed by atoms with Crippen molar-refractivity contribution in [3.8, 4) is 6.07 Å². The van der Waals surface area contributed by atoms with Gasteiger partial charge in [-0.25, -0.2) is 4.98 Å². The maximum absolute atomic E-state index is 11.0. The first-order valence-electron chi connectivity index (χ1n) is 5.63. The van der Waals surface area contributed by atoms with Gasteiger partial charge in [0, 0.05) is 17.6 Å². The minimum absolute atomic E-state index is 0.00590. The summed E-state index contributed by atoms with van der Waals surface area (Å²) in [6.45, 7) is 0.510. The van der Waals surface area contributed by atoms with Gasteiger partial charge in [0.25, 0.3) is 0 Å². The number of nitrogens with zero attached hydrogens (tertiary/aromatic N) is 3. The van der Waals surface area contributed by atoms with Crippen molar-refractivity contribution in [1.82, 2.24) is 4.98 Å². The maximum Gasteiger partial charge on any atom is 0.328 e. The van der Waals surface area contributed by atoms with Crippen LogP contribution >= 0.6 is 27.3 Å². The summed E-state index contributed by atoms with van der Waals surface area (Å²) < 4.78 is 1.04. The molecular formula is C12H9BrN4O2S. The Morgan fingerprint density at radius 1 is 1.50 bits per heavy atom. The molecule has 1 N–H and O–H groups in total. The van der Waals surface area contributed by atoms with Crippen LogP contribution in [0, 0.1) is 21.4 Å². The van der Waals surface area contributed by atoms with Crippen molar-refractivity contribution in [2.24, 2.45) is 0 Å². The number of nitro groups is 1. The van der Waals surface area contributed by atoms with Crippen molar-refractivity contribution in [2.45, 2.75) is 6.42 Å². The van der Waals surface area contributed by atoms with E-state index in [0.29, 0.717) is 6.54 Å². The van der Waals surface area contributed by atoms with Gasteiger partial charge in [-0.15, -0.1) is 11.3 Å². The van der Waals surface area contributed by atoms with Crippen LogP contribution in [-0.4, -0.2) is 16.5 Å². The molecule has 0 spiro atoms. The van der Waals surface area contributed by atoms with Gasteiger partial charge >= 0.3 is 5.69 Å². The van der Waals surface area contributed by atoms with E-state index in [2.05, 4.69) is 26.2 Å². The zero-order valence-corrected chi connectivity index (χ0v) is 12.6. The van der Waals surface area contributed by atoms with Crippen molar-refractivity contribution in [1.29, 1.82) is 5.26 Å². The van der Waals surface area contributed by atoms with Gasteiger partial charge in [0.15, 0.2) is 0 Å². The minimum atomic E-state index is -0.588. The lowest BCUT2D eigenvalue weighted by atomic mass is 10.2. The van der Waals surface area contributed by atoms with Crippen LogP contribution in [0.25, 0.3) is 0 Å². The molecule has 8 heteroatoms. The second-order valence-electron chi connectivity index (χ2n) is 3.81. The Hall–Kier alpha value is -1.98. The standard InChI is InChI=1S/C12H9BrN4O2S/c13-10-2-1-9(20-10)4-6-16-12-11(17(18)19)8(7-14)3-5-15-12/h1-3,5H,4,6H2,(H,15,16). The number of halogens is 1. The van der Waals surface area contributed by atoms with Gasteiger partial charge in [0.05, 0.1) is 8.71 Å². The Morgan fingerprint density at radius 3 is 2.90 bits per heavy atom. The van der Waals surface area contributed by atoms with Crippen LogP contribution in [-0.2, 0) is 6.42 Å². The number of pyridine rings is 1. The highest BCUT2D eigenvalue weighted by Crippen LogP contribution is 2.26. The molecule has 0 amide bonds. The molecule has 6 nitrogen and oxygen atoms in total. The fraction of sp³-hybridized carbons (Fsp3) is 0.167. The summed E-state index contributed by atoms with van der Waals surface area (Å²) >= 11 is 4.99. The van der Waals surface area contributed by atoms with Crippen molar-refractivity contribution in [3.05, 3.63) is 48.7 Å². The molecule has 0 aliphatic heterocycles. The van der Waals surface area contributed by atoms with E-state index in [1.54, 1.807) is 17.4 Å². The smallest absolute Gasteiger partial charge is 0.328 e. The lowest BCUT2D eigenvalue weighted by Gasteiger charge is -2.05. The van der Waals surface area contributed by atoms with Crippen LogP contribution in [0.4, 0.5) is 11.5 Å². The van der Waals surface area contributed by atoms with Crippen molar-refractivity contribution in [2.75, 3.05) is 11.9 Å². The molecular weight excluding hydrogens is 344 g/mol. The third-order valence-electron chi connectivity index (χ3n) is 2.52. The predicted octanol–water partition coefficient (Wildman–Crippen LogP) is 3.34. The number of anilines is 1. The fourth-order valence-corrected chi connectivity index (χ4v) is 3.13. The van der Waals surface area contributed by atoms with E-state index < -0.39 is 4.92 Å². The fourth-order valence-electron chi connectivity index (χ4n) is 1.65. The average Bonchev–Trinajstić information content (AvgIpc) is 2.83. The Bertz CT molecular complexity index is 680. The number of rotatable bonds is 5. The molecule has 2 heterocycles. The van der Waals surface area contributed by atoms with Gasteiger partial charge < -0.3 is 5.32 Å². The van der Waals surface area contributed by atoms with E-state index in [-0.39, 0.29) is 17.1 Å². The number of nitrogens with one attached hydrogen (secondary N) is 1. The zero-order chi connectivity index (χ0) is 14.5. The summed E-state index contributed by atoms with van der Waals surface area (Å²) in [6.07, 6.45) is 2.11. The monoisotopic (exact) mass is 352 g/mol. The lowest BCUT2D eigenvalue weighted by molar-refractivity contribution is -0.384. The van der Waals surface area contributed by atoms with Crippen LogP contribution in [0.15, 0.2) is 28.2 Å². The van der Waals surface area contributed by atoms with Crippen LogP contribution in [0.3, 0.4) is 0 Å². The summed E-state index contributed by atoms with van der Waals surface area (Å²) in [5.41, 5.74) is -0.270.